The van der Waals surface area contributed by atoms with Crippen LogP contribution >= 0.6 is 0 Å². The van der Waals surface area contributed by atoms with E-state index in [-0.39, 0.29) is 0 Å². The first-order valence-electron chi connectivity index (χ1n) is 2.12. The van der Waals surface area contributed by atoms with Crippen molar-refractivity contribution in [2.45, 2.75) is 0 Å². The van der Waals surface area contributed by atoms with E-state index in [0.29, 0.717) is 11.9 Å². The van der Waals surface area contributed by atoms with Crippen molar-refractivity contribution in [3.8, 4) is 0 Å². The van der Waals surface area contributed by atoms with Gasteiger partial charge in [0.05, 0.1) is 0 Å². The molecule has 0 aliphatic carbocycles. The number of anilines is 2. The summed E-state index contributed by atoms with van der Waals surface area (Å²) in [5, 5.41) is 6.96. The second-order valence-corrected chi connectivity index (χ2v) is 1.48. The molecule has 0 amide bonds. The number of nitrogen functional groups attached to an aromatic ring is 2. The molecule has 0 aliphatic rings. The first kappa shape index (κ1) is 4.89. The highest BCUT2D eigenvalue weighted by molar-refractivity contribution is 5.27. The van der Waals surface area contributed by atoms with Crippen LogP contribution in [0.4, 0.5) is 11.9 Å². The summed E-state index contributed by atoms with van der Waals surface area (Å²) in [5.41, 5.74) is 10.5. The molecular formula is C3H7N5. The van der Waals surface area contributed by atoms with E-state index < -0.39 is 0 Å². The van der Waals surface area contributed by atoms with Gasteiger partial charge < -0.3 is 11.5 Å². The second kappa shape index (κ2) is 1.36. The molecule has 5 heteroatoms. The molecule has 1 rings (SSSR count). The van der Waals surface area contributed by atoms with Crippen molar-refractivity contribution in [3.05, 3.63) is 0 Å². The summed E-state index contributed by atoms with van der Waals surface area (Å²) in [5.74, 6) is 0.671. The standard InChI is InChI=1S/C3H7N5/c1-8-2(4)6-7-3(8)5/h1H3,(H2,4,6)(H2,5,7). The van der Waals surface area contributed by atoms with E-state index in [1.807, 2.05) is 0 Å². The Morgan fingerprint density at radius 3 is 1.75 bits per heavy atom. The molecule has 0 spiro atoms. The highest BCUT2D eigenvalue weighted by Gasteiger charge is 1.96. The Bertz CT molecular complexity index is 170. The van der Waals surface area contributed by atoms with Crippen LogP contribution in [0, 0.1) is 0 Å². The van der Waals surface area contributed by atoms with E-state index in [0.717, 1.165) is 0 Å². The zero-order chi connectivity index (χ0) is 6.15. The fraction of sp³-hybridized carbons (Fsp3) is 0.333. The number of nitrogens with zero attached hydrogens (tertiary/aromatic N) is 3. The molecule has 0 aromatic carbocycles. The van der Waals surface area contributed by atoms with Gasteiger partial charge in [-0.2, -0.15) is 0 Å². The highest BCUT2D eigenvalue weighted by Crippen LogP contribution is 1.98. The van der Waals surface area contributed by atoms with E-state index >= 15 is 0 Å². The van der Waals surface area contributed by atoms with Gasteiger partial charge in [-0.05, 0) is 0 Å². The largest absolute Gasteiger partial charge is 0.368 e. The number of rotatable bonds is 0. The van der Waals surface area contributed by atoms with E-state index in [4.69, 9.17) is 11.5 Å². The molecule has 1 heterocycles. The topological polar surface area (TPSA) is 82.8 Å². The highest BCUT2D eigenvalue weighted by atomic mass is 15.3. The maximum absolute atomic E-state index is 5.25. The van der Waals surface area contributed by atoms with Crippen LogP contribution < -0.4 is 11.5 Å². The molecule has 0 saturated heterocycles. The molecule has 5 nitrogen and oxygen atoms in total. The van der Waals surface area contributed by atoms with Gasteiger partial charge in [0.2, 0.25) is 11.9 Å². The third-order valence-corrected chi connectivity index (χ3v) is 0.942. The zero-order valence-electron chi connectivity index (χ0n) is 4.50. The lowest BCUT2D eigenvalue weighted by Gasteiger charge is -1.90. The summed E-state index contributed by atoms with van der Waals surface area (Å²) in [6, 6.07) is 0. The van der Waals surface area contributed by atoms with Gasteiger partial charge in [0.25, 0.3) is 0 Å². The number of hydrogen-bond donors (Lipinski definition) is 2. The lowest BCUT2D eigenvalue weighted by Crippen LogP contribution is -2.00. The van der Waals surface area contributed by atoms with Gasteiger partial charge in [-0.25, -0.2) is 0 Å². The summed E-state index contributed by atoms with van der Waals surface area (Å²) < 4.78 is 1.50. The molecule has 0 aliphatic heterocycles. The van der Waals surface area contributed by atoms with E-state index in [1.54, 1.807) is 7.05 Å². The molecule has 0 unspecified atom stereocenters. The first-order valence-corrected chi connectivity index (χ1v) is 2.12. The second-order valence-electron chi connectivity index (χ2n) is 1.48. The Hall–Kier alpha value is -1.26. The maximum Gasteiger partial charge on any atom is 0.223 e. The predicted molar refractivity (Wildman–Crippen MR) is 29.8 cm³/mol. The van der Waals surface area contributed by atoms with E-state index in [1.165, 1.54) is 4.57 Å². The SMILES string of the molecule is Cn1c(N)nnc1N. The Kier molecular flexibility index (Phi) is 0.831. The average Bonchev–Trinajstić information content (AvgIpc) is 1.98. The molecule has 0 saturated carbocycles. The van der Waals surface area contributed by atoms with Gasteiger partial charge in [-0.15, -0.1) is 10.2 Å². The van der Waals surface area contributed by atoms with Gasteiger partial charge in [0.1, 0.15) is 0 Å². The van der Waals surface area contributed by atoms with E-state index in [2.05, 4.69) is 10.2 Å². The quantitative estimate of drug-likeness (QED) is 0.451. The molecule has 1 aromatic rings. The number of hydrogen-bond acceptors (Lipinski definition) is 4. The predicted octanol–water partition coefficient (Wildman–Crippen LogP) is -1.02. The molecule has 44 valence electrons. The van der Waals surface area contributed by atoms with Gasteiger partial charge in [0.15, 0.2) is 0 Å². The van der Waals surface area contributed by atoms with Crippen LogP contribution in [0.2, 0.25) is 0 Å². The molecule has 4 N–H and O–H groups in total. The molecule has 0 fully saturated rings. The van der Waals surface area contributed by atoms with Crippen molar-refractivity contribution in [1.29, 1.82) is 0 Å². The fourth-order valence-corrected chi connectivity index (χ4v) is 0.354. The Labute approximate surface area is 46.3 Å². The Balaban J connectivity index is 3.19. The molecule has 8 heavy (non-hydrogen) atoms. The smallest absolute Gasteiger partial charge is 0.223 e. The minimum atomic E-state index is 0.336. The van der Waals surface area contributed by atoms with Gasteiger partial charge in [-0.3, -0.25) is 4.57 Å². The van der Waals surface area contributed by atoms with Crippen LogP contribution in [0.1, 0.15) is 0 Å². The molecular weight excluding hydrogens is 106 g/mol. The summed E-state index contributed by atoms with van der Waals surface area (Å²) in [6.07, 6.45) is 0. The van der Waals surface area contributed by atoms with Gasteiger partial charge in [0, 0.05) is 7.05 Å². The lowest BCUT2D eigenvalue weighted by atomic mass is 10.9. The van der Waals surface area contributed by atoms with Crippen LogP contribution in [0.25, 0.3) is 0 Å². The average molecular weight is 113 g/mol. The van der Waals surface area contributed by atoms with Gasteiger partial charge in [-0.1, -0.05) is 0 Å². The van der Waals surface area contributed by atoms with Crippen molar-refractivity contribution in [3.63, 3.8) is 0 Å². The van der Waals surface area contributed by atoms with Crippen molar-refractivity contribution in [2.24, 2.45) is 7.05 Å². The summed E-state index contributed by atoms with van der Waals surface area (Å²) >= 11 is 0. The molecule has 0 bridgehead atoms. The van der Waals surface area contributed by atoms with Crippen LogP contribution in [0.3, 0.4) is 0 Å². The van der Waals surface area contributed by atoms with Crippen molar-refractivity contribution in [1.82, 2.24) is 14.8 Å². The van der Waals surface area contributed by atoms with Crippen molar-refractivity contribution >= 4 is 11.9 Å². The van der Waals surface area contributed by atoms with Gasteiger partial charge >= 0.3 is 0 Å². The van der Waals surface area contributed by atoms with Crippen molar-refractivity contribution in [2.75, 3.05) is 11.5 Å². The van der Waals surface area contributed by atoms with E-state index in [9.17, 15) is 0 Å². The summed E-state index contributed by atoms with van der Waals surface area (Å²) in [7, 11) is 1.70. The third kappa shape index (κ3) is 0.481. The number of aromatic nitrogens is 3. The minimum Gasteiger partial charge on any atom is -0.368 e. The lowest BCUT2D eigenvalue weighted by molar-refractivity contribution is 0.939. The van der Waals surface area contributed by atoms with Crippen LogP contribution in [-0.2, 0) is 7.05 Å². The maximum atomic E-state index is 5.25. The zero-order valence-corrected chi connectivity index (χ0v) is 4.50. The normalized spacial score (nSPS) is 9.62. The van der Waals surface area contributed by atoms with Crippen LogP contribution in [-0.4, -0.2) is 14.8 Å². The minimum absolute atomic E-state index is 0.336. The summed E-state index contributed by atoms with van der Waals surface area (Å²) in [6.45, 7) is 0. The van der Waals surface area contributed by atoms with Crippen LogP contribution in [0.15, 0.2) is 0 Å². The molecule has 0 radical (unpaired) electrons. The Morgan fingerprint density at radius 1 is 1.25 bits per heavy atom. The third-order valence-electron chi connectivity index (χ3n) is 0.942. The fourth-order valence-electron chi connectivity index (χ4n) is 0.354. The summed E-state index contributed by atoms with van der Waals surface area (Å²) in [4.78, 5) is 0. The molecule has 1 aromatic heterocycles. The Morgan fingerprint density at radius 2 is 1.62 bits per heavy atom. The molecule has 0 atom stereocenters. The van der Waals surface area contributed by atoms with Crippen molar-refractivity contribution < 1.29 is 0 Å². The number of nitrogens with two attached hydrogens (primary N) is 2. The monoisotopic (exact) mass is 113 g/mol. The van der Waals surface area contributed by atoms with Crippen LogP contribution in [0.5, 0.6) is 0 Å². The first-order chi connectivity index (χ1) is 3.72.